The van der Waals surface area contributed by atoms with Crippen molar-refractivity contribution in [3.8, 4) is 34.0 Å². The highest BCUT2D eigenvalue weighted by Gasteiger charge is 2.22. The van der Waals surface area contributed by atoms with Crippen LogP contribution in [0.5, 0.6) is 11.5 Å². The fourth-order valence-corrected chi connectivity index (χ4v) is 4.08. The van der Waals surface area contributed by atoms with Gasteiger partial charge < -0.3 is 9.47 Å². The van der Waals surface area contributed by atoms with E-state index >= 15 is 0 Å². The maximum Gasteiger partial charge on any atom is 0.350 e. The molecular weight excluding hydrogens is 542 g/mol. The summed E-state index contributed by atoms with van der Waals surface area (Å²) in [7, 11) is 0. The van der Waals surface area contributed by atoms with Gasteiger partial charge in [-0.05, 0) is 72.8 Å². The smallest absolute Gasteiger partial charge is 0.350 e. The summed E-state index contributed by atoms with van der Waals surface area (Å²) in [6.45, 7) is 0. The van der Waals surface area contributed by atoms with Gasteiger partial charge in [-0.3, -0.25) is 20.2 Å². The maximum atomic E-state index is 12.5. The Morgan fingerprint density at radius 1 is 0.524 bits per heavy atom. The van der Waals surface area contributed by atoms with Gasteiger partial charge in [0.25, 0.3) is 11.4 Å². The summed E-state index contributed by atoms with van der Waals surface area (Å²) in [5.74, 6) is -1.26. The predicted octanol–water partition coefficient (Wildman–Crippen LogP) is 6.67. The number of carbonyl (C=O) groups is 2. The van der Waals surface area contributed by atoms with Crippen molar-refractivity contribution < 1.29 is 28.9 Å². The van der Waals surface area contributed by atoms with Crippen molar-refractivity contribution in [2.45, 2.75) is 0 Å². The Kier molecular flexibility index (Phi) is 7.73. The number of benzene rings is 4. The Morgan fingerprint density at radius 3 is 1.29 bits per heavy atom. The fourth-order valence-electron chi connectivity index (χ4n) is 4.08. The Labute approximate surface area is 237 Å². The summed E-state index contributed by atoms with van der Waals surface area (Å²) in [4.78, 5) is 50.8. The van der Waals surface area contributed by atoms with Crippen molar-refractivity contribution in [3.05, 3.63) is 147 Å². The van der Waals surface area contributed by atoms with E-state index in [0.29, 0.717) is 11.4 Å². The number of pyridine rings is 1. The molecule has 5 aromatic rings. The zero-order chi connectivity index (χ0) is 29.6. The molecular formula is C31H19N3O8. The lowest BCUT2D eigenvalue weighted by molar-refractivity contribution is -0.385. The van der Waals surface area contributed by atoms with Crippen molar-refractivity contribution in [2.24, 2.45) is 0 Å². The molecule has 0 spiro atoms. The highest BCUT2D eigenvalue weighted by molar-refractivity contribution is 5.96. The Bertz CT molecular complexity index is 1690. The highest BCUT2D eigenvalue weighted by Crippen LogP contribution is 2.27. The Balaban J connectivity index is 1.28. The standard InChI is InChI=1S/C31H19N3O8/c35-30(24-6-1-3-10-28(24)33(37)38)41-22-16-12-20(13-17-22)26-8-5-9-27(32-26)21-14-18-23(19-15-21)42-31(36)25-7-2-4-11-29(25)34(39)40/h1-19H. The largest absolute Gasteiger partial charge is 0.423 e. The lowest BCUT2D eigenvalue weighted by Crippen LogP contribution is -2.11. The molecule has 0 aliphatic heterocycles. The van der Waals surface area contributed by atoms with Crippen LogP contribution in [0.2, 0.25) is 0 Å². The van der Waals surface area contributed by atoms with Crippen LogP contribution in [0.15, 0.2) is 115 Å². The number of aromatic nitrogens is 1. The number of hydrogen-bond acceptors (Lipinski definition) is 9. The first-order chi connectivity index (χ1) is 20.3. The number of esters is 2. The Hall–Kier alpha value is -6.23. The number of nitro groups is 2. The second kappa shape index (κ2) is 11.9. The average molecular weight is 562 g/mol. The van der Waals surface area contributed by atoms with Gasteiger partial charge in [-0.15, -0.1) is 0 Å². The summed E-state index contributed by atoms with van der Waals surface area (Å²) in [5, 5.41) is 22.4. The topological polar surface area (TPSA) is 152 Å². The van der Waals surface area contributed by atoms with Crippen LogP contribution >= 0.6 is 0 Å². The van der Waals surface area contributed by atoms with Gasteiger partial charge in [0.15, 0.2) is 0 Å². The van der Waals surface area contributed by atoms with Gasteiger partial charge in [0, 0.05) is 23.3 Å². The molecule has 206 valence electrons. The summed E-state index contributed by atoms with van der Waals surface area (Å²) < 4.78 is 10.7. The van der Waals surface area contributed by atoms with Crippen molar-refractivity contribution >= 4 is 23.3 Å². The molecule has 11 heteroatoms. The van der Waals surface area contributed by atoms with Crippen LogP contribution in [0.25, 0.3) is 22.5 Å². The molecule has 42 heavy (non-hydrogen) atoms. The molecule has 0 fully saturated rings. The summed E-state index contributed by atoms with van der Waals surface area (Å²) in [6.07, 6.45) is 0. The zero-order valence-electron chi connectivity index (χ0n) is 21.6. The van der Waals surface area contributed by atoms with E-state index in [-0.39, 0.29) is 34.0 Å². The SMILES string of the molecule is O=C(Oc1ccc(-c2cccc(-c3ccc(OC(=O)c4ccccc4[N+](=O)[O-])cc3)n2)cc1)c1ccccc1[N+](=O)[O-]. The van der Waals surface area contributed by atoms with Gasteiger partial charge in [-0.1, -0.05) is 30.3 Å². The van der Waals surface area contributed by atoms with E-state index in [1.165, 1.54) is 48.5 Å². The molecule has 0 atom stereocenters. The molecule has 5 rings (SSSR count). The van der Waals surface area contributed by atoms with Crippen LogP contribution in [0.1, 0.15) is 20.7 Å². The molecule has 1 aromatic heterocycles. The molecule has 0 radical (unpaired) electrons. The van der Waals surface area contributed by atoms with Gasteiger partial charge in [0.2, 0.25) is 0 Å². The second-order valence-corrected chi connectivity index (χ2v) is 8.78. The Morgan fingerprint density at radius 2 is 0.905 bits per heavy atom. The lowest BCUT2D eigenvalue weighted by atomic mass is 10.1. The minimum Gasteiger partial charge on any atom is -0.423 e. The molecule has 4 aromatic carbocycles. The number of para-hydroxylation sites is 2. The van der Waals surface area contributed by atoms with Crippen LogP contribution in [-0.2, 0) is 0 Å². The van der Waals surface area contributed by atoms with Gasteiger partial charge >= 0.3 is 11.9 Å². The summed E-state index contributed by atoms with van der Waals surface area (Å²) in [5.41, 5.74) is 1.76. The van der Waals surface area contributed by atoms with E-state index in [2.05, 4.69) is 4.98 Å². The van der Waals surface area contributed by atoms with Gasteiger partial charge in [-0.25, -0.2) is 14.6 Å². The third-order valence-corrected chi connectivity index (χ3v) is 6.11. The molecule has 1 heterocycles. The summed E-state index contributed by atoms with van der Waals surface area (Å²) >= 11 is 0. The molecule has 0 N–H and O–H groups in total. The number of nitrogens with zero attached hydrogens (tertiary/aromatic N) is 3. The number of hydrogen-bond donors (Lipinski definition) is 0. The van der Waals surface area contributed by atoms with Crippen molar-refractivity contribution in [3.63, 3.8) is 0 Å². The lowest BCUT2D eigenvalue weighted by Gasteiger charge is -2.08. The zero-order valence-corrected chi connectivity index (χ0v) is 21.6. The van der Waals surface area contributed by atoms with Gasteiger partial charge in [0.1, 0.15) is 22.6 Å². The third-order valence-electron chi connectivity index (χ3n) is 6.11. The van der Waals surface area contributed by atoms with E-state index in [9.17, 15) is 29.8 Å². The van der Waals surface area contributed by atoms with Crippen LogP contribution < -0.4 is 9.47 Å². The van der Waals surface area contributed by atoms with Crippen molar-refractivity contribution in [1.82, 2.24) is 4.98 Å². The first-order valence-electron chi connectivity index (χ1n) is 12.4. The molecule has 0 unspecified atom stereocenters. The van der Waals surface area contributed by atoms with Crippen LogP contribution in [0.4, 0.5) is 11.4 Å². The monoisotopic (exact) mass is 561 g/mol. The van der Waals surface area contributed by atoms with E-state index in [1.54, 1.807) is 60.7 Å². The number of ether oxygens (including phenoxy) is 2. The fraction of sp³-hybridized carbons (Fsp3) is 0. The van der Waals surface area contributed by atoms with Gasteiger partial charge in [0.05, 0.1) is 21.2 Å². The summed E-state index contributed by atoms with van der Waals surface area (Å²) in [6, 6.07) is 29.6. The minimum absolute atomic E-state index is 0.150. The van der Waals surface area contributed by atoms with E-state index in [0.717, 1.165) is 11.1 Å². The van der Waals surface area contributed by atoms with E-state index in [1.807, 2.05) is 6.07 Å². The minimum atomic E-state index is -0.841. The molecule has 0 amide bonds. The molecule has 0 aliphatic carbocycles. The van der Waals surface area contributed by atoms with Crippen LogP contribution in [0, 0.1) is 20.2 Å². The third kappa shape index (κ3) is 6.00. The molecule has 11 nitrogen and oxygen atoms in total. The van der Waals surface area contributed by atoms with E-state index in [4.69, 9.17) is 9.47 Å². The van der Waals surface area contributed by atoms with Crippen LogP contribution in [-0.4, -0.2) is 26.8 Å². The molecule has 0 saturated heterocycles. The molecule has 0 saturated carbocycles. The molecule has 0 aliphatic rings. The maximum absolute atomic E-state index is 12.5. The average Bonchev–Trinajstić information content (AvgIpc) is 3.01. The number of rotatable bonds is 8. The van der Waals surface area contributed by atoms with Crippen molar-refractivity contribution in [1.29, 1.82) is 0 Å². The molecule has 0 bridgehead atoms. The van der Waals surface area contributed by atoms with E-state index < -0.39 is 21.8 Å². The first-order valence-corrected chi connectivity index (χ1v) is 12.4. The van der Waals surface area contributed by atoms with Gasteiger partial charge in [-0.2, -0.15) is 0 Å². The number of nitro benzene ring substituents is 2. The highest BCUT2D eigenvalue weighted by atomic mass is 16.6. The second-order valence-electron chi connectivity index (χ2n) is 8.78. The number of carbonyl (C=O) groups excluding carboxylic acids is 2. The predicted molar refractivity (Wildman–Crippen MR) is 151 cm³/mol. The van der Waals surface area contributed by atoms with Crippen LogP contribution in [0.3, 0.4) is 0 Å². The van der Waals surface area contributed by atoms with Crippen molar-refractivity contribution in [2.75, 3.05) is 0 Å². The quantitative estimate of drug-likeness (QED) is 0.0875. The normalized spacial score (nSPS) is 10.5. The first kappa shape index (κ1) is 27.3.